The summed E-state index contributed by atoms with van der Waals surface area (Å²) in [6, 6.07) is 1.42. The van der Waals surface area contributed by atoms with Crippen molar-refractivity contribution in [2.24, 2.45) is 0 Å². The second-order valence-electron chi connectivity index (χ2n) is 5.71. The number of methoxy groups -OCH3 is 1. The summed E-state index contributed by atoms with van der Waals surface area (Å²) in [6.07, 6.45) is 1.90. The first kappa shape index (κ1) is 16.4. The van der Waals surface area contributed by atoms with E-state index in [-0.39, 0.29) is 36.1 Å². The third-order valence-electron chi connectivity index (χ3n) is 4.01. The Morgan fingerprint density at radius 3 is 3.08 bits per heavy atom. The van der Waals surface area contributed by atoms with E-state index < -0.39 is 5.82 Å². The summed E-state index contributed by atoms with van der Waals surface area (Å²) in [7, 11) is 1.38. The van der Waals surface area contributed by atoms with Crippen LogP contribution in [0.3, 0.4) is 0 Å². The van der Waals surface area contributed by atoms with Gasteiger partial charge in [-0.05, 0) is 13.8 Å². The average molecular weight is 334 g/mol. The molecule has 2 N–H and O–H groups in total. The van der Waals surface area contributed by atoms with Gasteiger partial charge in [-0.15, -0.1) is 0 Å². The summed E-state index contributed by atoms with van der Waals surface area (Å²) < 4.78 is 24.7. The van der Waals surface area contributed by atoms with Crippen LogP contribution in [-0.2, 0) is 17.7 Å². The fraction of sp³-hybridized carbons (Fsp3) is 0.438. The van der Waals surface area contributed by atoms with Crippen LogP contribution in [-0.4, -0.2) is 34.3 Å². The van der Waals surface area contributed by atoms with Crippen LogP contribution in [0.5, 0.6) is 5.75 Å². The van der Waals surface area contributed by atoms with Crippen molar-refractivity contribution in [3.63, 3.8) is 0 Å². The fourth-order valence-corrected chi connectivity index (χ4v) is 2.86. The van der Waals surface area contributed by atoms with Gasteiger partial charge in [0.25, 0.3) is 5.91 Å². The molecule has 2 aromatic rings. The number of pyridine rings is 1. The van der Waals surface area contributed by atoms with E-state index in [0.717, 1.165) is 11.3 Å². The lowest BCUT2D eigenvalue weighted by Crippen LogP contribution is -2.28. The number of hydrogen-bond acceptors (Lipinski definition) is 5. The molecule has 3 heterocycles. The smallest absolute Gasteiger partial charge is 0.272 e. The maximum Gasteiger partial charge on any atom is 0.272 e. The fourth-order valence-electron chi connectivity index (χ4n) is 2.86. The zero-order valence-corrected chi connectivity index (χ0v) is 13.7. The number of hydrogen-bond donors (Lipinski definition) is 2. The van der Waals surface area contributed by atoms with Crippen molar-refractivity contribution >= 4 is 5.91 Å². The first-order valence-electron chi connectivity index (χ1n) is 7.69. The summed E-state index contributed by atoms with van der Waals surface area (Å²) in [4.78, 5) is 16.3. The number of aromatic amines is 1. The van der Waals surface area contributed by atoms with Crippen molar-refractivity contribution in [2.45, 2.75) is 39.0 Å². The van der Waals surface area contributed by atoms with Crippen LogP contribution in [0.2, 0.25) is 0 Å². The number of ether oxygens (including phenoxy) is 2. The van der Waals surface area contributed by atoms with E-state index in [0.29, 0.717) is 12.1 Å². The molecule has 8 heteroatoms. The summed E-state index contributed by atoms with van der Waals surface area (Å²) >= 11 is 0. The standard InChI is InChI=1S/C16H19FN4O3/c1-8-6-10-14(9(2)24-8)20-21-15(10)16(22)19-7-11-13(17)12(23-3)4-5-18-11/h4-5,8-9H,6-7H2,1-3H3,(H,19,22)(H,20,21)/t8-,9+/m0/s1. The number of aromatic nitrogens is 3. The number of carbonyl (C=O) groups excluding carboxylic acids is 1. The first-order chi connectivity index (χ1) is 11.5. The van der Waals surface area contributed by atoms with E-state index in [2.05, 4.69) is 20.5 Å². The number of nitrogens with one attached hydrogen (secondary N) is 2. The van der Waals surface area contributed by atoms with E-state index >= 15 is 0 Å². The Hall–Kier alpha value is -2.48. The Bertz CT molecular complexity index is 762. The molecule has 0 saturated heterocycles. The molecule has 1 aliphatic rings. The minimum atomic E-state index is -0.583. The highest BCUT2D eigenvalue weighted by molar-refractivity contribution is 5.94. The maximum absolute atomic E-state index is 14.1. The zero-order chi connectivity index (χ0) is 17.3. The molecule has 0 aliphatic carbocycles. The van der Waals surface area contributed by atoms with Gasteiger partial charge in [0.2, 0.25) is 0 Å². The molecule has 0 radical (unpaired) electrons. The first-order valence-corrected chi connectivity index (χ1v) is 7.69. The minimum absolute atomic E-state index is 0.00847. The lowest BCUT2D eigenvalue weighted by molar-refractivity contribution is -0.00697. The summed E-state index contributed by atoms with van der Waals surface area (Å²) in [5.74, 6) is -0.871. The third-order valence-corrected chi connectivity index (χ3v) is 4.01. The highest BCUT2D eigenvalue weighted by Crippen LogP contribution is 2.30. The molecule has 0 unspecified atom stereocenters. The molecule has 0 spiro atoms. The number of halogens is 1. The maximum atomic E-state index is 14.1. The zero-order valence-electron chi connectivity index (χ0n) is 13.7. The van der Waals surface area contributed by atoms with Gasteiger partial charge in [-0.2, -0.15) is 5.10 Å². The van der Waals surface area contributed by atoms with Gasteiger partial charge in [0.05, 0.1) is 37.3 Å². The number of rotatable bonds is 4. The van der Waals surface area contributed by atoms with Crippen LogP contribution >= 0.6 is 0 Å². The molecule has 24 heavy (non-hydrogen) atoms. The van der Waals surface area contributed by atoms with Crippen molar-refractivity contribution in [1.29, 1.82) is 0 Å². The quantitative estimate of drug-likeness (QED) is 0.891. The highest BCUT2D eigenvalue weighted by Gasteiger charge is 2.29. The molecule has 0 aromatic carbocycles. The molecule has 7 nitrogen and oxygen atoms in total. The molecule has 0 saturated carbocycles. The van der Waals surface area contributed by atoms with Gasteiger partial charge >= 0.3 is 0 Å². The lowest BCUT2D eigenvalue weighted by atomic mass is 9.99. The Balaban J connectivity index is 1.75. The molecule has 2 atom stereocenters. The largest absolute Gasteiger partial charge is 0.494 e. The monoisotopic (exact) mass is 334 g/mol. The number of nitrogens with zero attached hydrogens (tertiary/aromatic N) is 2. The molecule has 0 fully saturated rings. The number of amides is 1. The Morgan fingerprint density at radius 2 is 2.33 bits per heavy atom. The van der Waals surface area contributed by atoms with Gasteiger partial charge in [-0.25, -0.2) is 4.39 Å². The molecule has 128 valence electrons. The topological polar surface area (TPSA) is 89.1 Å². The van der Waals surface area contributed by atoms with Crippen LogP contribution in [0, 0.1) is 5.82 Å². The lowest BCUT2D eigenvalue weighted by Gasteiger charge is -2.25. The molecule has 2 aromatic heterocycles. The van der Waals surface area contributed by atoms with E-state index in [9.17, 15) is 9.18 Å². The molecule has 0 bridgehead atoms. The minimum Gasteiger partial charge on any atom is -0.494 e. The van der Waals surface area contributed by atoms with Gasteiger partial charge in [0, 0.05) is 24.2 Å². The van der Waals surface area contributed by atoms with Crippen molar-refractivity contribution in [3.8, 4) is 5.75 Å². The van der Waals surface area contributed by atoms with Crippen LogP contribution in [0.15, 0.2) is 12.3 Å². The Labute approximate surface area is 138 Å². The van der Waals surface area contributed by atoms with Crippen molar-refractivity contribution in [2.75, 3.05) is 7.11 Å². The van der Waals surface area contributed by atoms with E-state index in [1.165, 1.54) is 19.4 Å². The Kier molecular flexibility index (Phi) is 4.48. The molecule has 3 rings (SSSR count). The van der Waals surface area contributed by atoms with Gasteiger partial charge in [0.15, 0.2) is 17.3 Å². The van der Waals surface area contributed by atoms with Crippen LogP contribution < -0.4 is 10.1 Å². The average Bonchev–Trinajstić information content (AvgIpc) is 2.97. The molecular formula is C16H19FN4O3. The van der Waals surface area contributed by atoms with Gasteiger partial charge in [-0.1, -0.05) is 0 Å². The number of fused-ring (bicyclic) bond motifs is 1. The SMILES string of the molecule is COc1ccnc(CNC(=O)c2n[nH]c3c2C[C@H](C)O[C@@H]3C)c1F. The molecular weight excluding hydrogens is 315 g/mol. The van der Waals surface area contributed by atoms with Gasteiger partial charge in [0.1, 0.15) is 0 Å². The van der Waals surface area contributed by atoms with Crippen molar-refractivity contribution < 1.29 is 18.7 Å². The van der Waals surface area contributed by atoms with Crippen molar-refractivity contribution in [3.05, 3.63) is 40.7 Å². The Morgan fingerprint density at radius 1 is 1.54 bits per heavy atom. The number of H-pyrrole nitrogens is 1. The molecule has 1 amide bonds. The second kappa shape index (κ2) is 6.56. The predicted octanol–water partition coefficient (Wildman–Crippen LogP) is 1.90. The second-order valence-corrected chi connectivity index (χ2v) is 5.71. The van der Waals surface area contributed by atoms with Crippen molar-refractivity contribution in [1.82, 2.24) is 20.5 Å². The van der Waals surface area contributed by atoms with Crippen LogP contribution in [0.1, 0.15) is 47.4 Å². The van der Waals surface area contributed by atoms with E-state index in [1.54, 1.807) is 0 Å². The van der Waals surface area contributed by atoms with E-state index in [4.69, 9.17) is 9.47 Å². The summed E-state index contributed by atoms with van der Waals surface area (Å²) in [5, 5.41) is 9.61. The van der Waals surface area contributed by atoms with E-state index in [1.807, 2.05) is 13.8 Å². The van der Waals surface area contributed by atoms with Gasteiger partial charge in [-0.3, -0.25) is 14.9 Å². The van der Waals surface area contributed by atoms with Crippen LogP contribution in [0.25, 0.3) is 0 Å². The third kappa shape index (κ3) is 2.96. The van der Waals surface area contributed by atoms with Gasteiger partial charge < -0.3 is 14.8 Å². The van der Waals surface area contributed by atoms with Crippen LogP contribution in [0.4, 0.5) is 4.39 Å². The molecule has 1 aliphatic heterocycles. The number of carbonyl (C=O) groups is 1. The normalized spacial score (nSPS) is 19.7. The summed E-state index contributed by atoms with van der Waals surface area (Å²) in [5.41, 5.74) is 2.08. The summed E-state index contributed by atoms with van der Waals surface area (Å²) in [6.45, 7) is 3.80. The highest BCUT2D eigenvalue weighted by atomic mass is 19.1. The predicted molar refractivity (Wildman–Crippen MR) is 83.2 cm³/mol.